The molecule has 0 radical (unpaired) electrons. The molecule has 118 valence electrons. The lowest BCUT2D eigenvalue weighted by molar-refractivity contribution is 0.562. The zero-order chi connectivity index (χ0) is 16.5. The molecule has 7 nitrogen and oxygen atoms in total. The minimum Gasteiger partial charge on any atom is -0.319 e. The zero-order valence-corrected chi connectivity index (χ0v) is 13.0. The number of fused-ring (bicyclic) bond motifs is 1. The van der Waals surface area contributed by atoms with E-state index in [-0.39, 0.29) is 12.1 Å². The number of para-hydroxylation sites is 2. The molecule has 7 heteroatoms. The van der Waals surface area contributed by atoms with Crippen molar-refractivity contribution in [2.45, 2.75) is 13.5 Å². The summed E-state index contributed by atoms with van der Waals surface area (Å²) in [6.45, 7) is 2.19. The Balaban J connectivity index is 1.65. The van der Waals surface area contributed by atoms with Gasteiger partial charge in [-0.1, -0.05) is 42.0 Å². The molecule has 4 rings (SSSR count). The molecule has 1 N–H and O–H groups in total. The maximum Gasteiger partial charge on any atom is 0.272 e. The van der Waals surface area contributed by atoms with Gasteiger partial charge in [0.1, 0.15) is 12.2 Å². The van der Waals surface area contributed by atoms with Gasteiger partial charge in [-0.2, -0.15) is 4.80 Å². The molecule has 0 saturated carbocycles. The molecule has 0 unspecified atom stereocenters. The van der Waals surface area contributed by atoms with E-state index < -0.39 is 0 Å². The lowest BCUT2D eigenvalue weighted by atomic mass is 10.1. The summed E-state index contributed by atoms with van der Waals surface area (Å²) in [5, 5.41) is 12.4. The van der Waals surface area contributed by atoms with Crippen molar-refractivity contribution < 1.29 is 0 Å². The van der Waals surface area contributed by atoms with Gasteiger partial charge < -0.3 is 4.98 Å². The molecule has 0 amide bonds. The van der Waals surface area contributed by atoms with Gasteiger partial charge in [0.25, 0.3) is 5.56 Å². The minimum absolute atomic E-state index is 0.166. The summed E-state index contributed by atoms with van der Waals surface area (Å²) < 4.78 is 0. The van der Waals surface area contributed by atoms with Crippen LogP contribution in [0.3, 0.4) is 0 Å². The molecule has 0 saturated heterocycles. The second-order valence-electron chi connectivity index (χ2n) is 5.54. The van der Waals surface area contributed by atoms with E-state index in [9.17, 15) is 4.79 Å². The Hall–Kier alpha value is -3.35. The highest BCUT2D eigenvalue weighted by Crippen LogP contribution is 2.14. The molecule has 2 aromatic carbocycles. The van der Waals surface area contributed by atoms with E-state index >= 15 is 0 Å². The average molecular weight is 318 g/mol. The van der Waals surface area contributed by atoms with Crippen molar-refractivity contribution in [3.63, 3.8) is 0 Å². The third-order valence-electron chi connectivity index (χ3n) is 3.72. The molecule has 0 atom stereocenters. The second-order valence-corrected chi connectivity index (χ2v) is 5.54. The molecule has 0 aliphatic heterocycles. The van der Waals surface area contributed by atoms with Crippen molar-refractivity contribution >= 4 is 11.0 Å². The summed E-state index contributed by atoms with van der Waals surface area (Å²) in [6, 6.07) is 15.3. The standard InChI is InChI=1S/C17H14N6O/c1-11-6-8-12(9-7-11)16-20-22-23(21-16)10-15-17(24)19-14-5-3-2-4-13(14)18-15/h2-9H,10H2,1H3,(H,19,24). The fraction of sp³-hybridized carbons (Fsp3) is 0.118. The Morgan fingerprint density at radius 2 is 1.88 bits per heavy atom. The van der Waals surface area contributed by atoms with Gasteiger partial charge in [0, 0.05) is 5.56 Å². The predicted molar refractivity (Wildman–Crippen MR) is 89.5 cm³/mol. The van der Waals surface area contributed by atoms with Crippen molar-refractivity contribution in [3.8, 4) is 11.4 Å². The van der Waals surface area contributed by atoms with Gasteiger partial charge in [0.15, 0.2) is 0 Å². The van der Waals surface area contributed by atoms with Crippen LogP contribution < -0.4 is 5.56 Å². The van der Waals surface area contributed by atoms with Crippen LogP contribution in [-0.4, -0.2) is 30.2 Å². The molecule has 24 heavy (non-hydrogen) atoms. The molecule has 0 aliphatic rings. The van der Waals surface area contributed by atoms with Gasteiger partial charge in [0.05, 0.1) is 11.0 Å². The first kappa shape index (κ1) is 14.3. The van der Waals surface area contributed by atoms with E-state index in [2.05, 4.69) is 25.4 Å². The van der Waals surface area contributed by atoms with Crippen LogP contribution in [0.1, 0.15) is 11.3 Å². The largest absolute Gasteiger partial charge is 0.319 e. The molecule has 2 aromatic heterocycles. The average Bonchev–Trinajstić information content (AvgIpc) is 3.05. The number of hydrogen-bond donors (Lipinski definition) is 1. The summed E-state index contributed by atoms with van der Waals surface area (Å²) in [4.78, 5) is 20.7. The van der Waals surface area contributed by atoms with Crippen LogP contribution in [0.4, 0.5) is 0 Å². The van der Waals surface area contributed by atoms with Crippen LogP contribution in [0.15, 0.2) is 53.3 Å². The van der Waals surface area contributed by atoms with Crippen LogP contribution in [0, 0.1) is 6.92 Å². The van der Waals surface area contributed by atoms with Gasteiger partial charge in [-0.15, -0.1) is 10.2 Å². The van der Waals surface area contributed by atoms with E-state index in [1.54, 1.807) is 0 Å². The van der Waals surface area contributed by atoms with Crippen molar-refractivity contribution in [1.82, 2.24) is 30.2 Å². The number of rotatable bonds is 3. The van der Waals surface area contributed by atoms with E-state index in [4.69, 9.17) is 0 Å². The number of hydrogen-bond acceptors (Lipinski definition) is 5. The number of aryl methyl sites for hydroxylation is 1. The molecule has 4 aromatic rings. The first-order valence-electron chi connectivity index (χ1n) is 7.52. The fourth-order valence-electron chi connectivity index (χ4n) is 2.44. The van der Waals surface area contributed by atoms with Crippen LogP contribution in [0.25, 0.3) is 22.4 Å². The van der Waals surface area contributed by atoms with Gasteiger partial charge in [0.2, 0.25) is 5.82 Å². The Bertz CT molecular complexity index is 1060. The minimum atomic E-state index is -0.247. The van der Waals surface area contributed by atoms with E-state index in [0.29, 0.717) is 17.0 Å². The first-order chi connectivity index (χ1) is 11.7. The number of nitrogens with zero attached hydrogens (tertiary/aromatic N) is 5. The predicted octanol–water partition coefficient (Wildman–Crippen LogP) is 1.93. The summed E-state index contributed by atoms with van der Waals surface area (Å²) in [5.41, 5.74) is 3.58. The Morgan fingerprint density at radius 3 is 2.71 bits per heavy atom. The summed E-state index contributed by atoms with van der Waals surface area (Å²) >= 11 is 0. The quantitative estimate of drug-likeness (QED) is 0.623. The maximum atomic E-state index is 12.1. The van der Waals surface area contributed by atoms with Gasteiger partial charge in [-0.3, -0.25) is 4.79 Å². The number of aromatic amines is 1. The van der Waals surface area contributed by atoms with Crippen molar-refractivity contribution in [2.75, 3.05) is 0 Å². The smallest absolute Gasteiger partial charge is 0.272 e. The lowest BCUT2D eigenvalue weighted by Gasteiger charge is -2.01. The Kier molecular flexibility index (Phi) is 3.38. The topological polar surface area (TPSA) is 89.4 Å². The van der Waals surface area contributed by atoms with E-state index in [1.807, 2.05) is 55.5 Å². The van der Waals surface area contributed by atoms with Crippen LogP contribution in [-0.2, 0) is 6.54 Å². The van der Waals surface area contributed by atoms with Crippen LogP contribution >= 0.6 is 0 Å². The van der Waals surface area contributed by atoms with Crippen LogP contribution in [0.2, 0.25) is 0 Å². The van der Waals surface area contributed by atoms with Crippen molar-refractivity contribution in [1.29, 1.82) is 0 Å². The van der Waals surface area contributed by atoms with E-state index in [0.717, 1.165) is 16.6 Å². The highest BCUT2D eigenvalue weighted by Gasteiger charge is 2.10. The van der Waals surface area contributed by atoms with Crippen molar-refractivity contribution in [2.24, 2.45) is 0 Å². The Morgan fingerprint density at radius 1 is 1.08 bits per heavy atom. The SMILES string of the molecule is Cc1ccc(-c2nnn(Cc3nc4ccccc4[nH]c3=O)n2)cc1. The number of nitrogens with one attached hydrogen (secondary N) is 1. The first-order valence-corrected chi connectivity index (χ1v) is 7.52. The summed E-state index contributed by atoms with van der Waals surface area (Å²) in [7, 11) is 0. The molecular weight excluding hydrogens is 304 g/mol. The maximum absolute atomic E-state index is 12.1. The van der Waals surface area contributed by atoms with Gasteiger partial charge in [-0.25, -0.2) is 4.98 Å². The zero-order valence-electron chi connectivity index (χ0n) is 13.0. The van der Waals surface area contributed by atoms with Gasteiger partial charge in [-0.05, 0) is 24.3 Å². The summed E-state index contributed by atoms with van der Waals surface area (Å²) in [6.07, 6.45) is 0. The van der Waals surface area contributed by atoms with Crippen molar-refractivity contribution in [3.05, 3.63) is 70.1 Å². The Labute approximate surface area is 137 Å². The molecule has 0 bridgehead atoms. The van der Waals surface area contributed by atoms with E-state index in [1.165, 1.54) is 4.80 Å². The number of aromatic nitrogens is 6. The summed E-state index contributed by atoms with van der Waals surface area (Å²) in [5.74, 6) is 0.521. The monoisotopic (exact) mass is 318 g/mol. The number of tetrazole rings is 1. The number of benzene rings is 2. The van der Waals surface area contributed by atoms with Gasteiger partial charge >= 0.3 is 0 Å². The highest BCUT2D eigenvalue weighted by molar-refractivity contribution is 5.73. The third kappa shape index (κ3) is 2.67. The molecule has 0 aliphatic carbocycles. The normalized spacial score (nSPS) is 11.0. The third-order valence-corrected chi connectivity index (χ3v) is 3.72. The lowest BCUT2D eigenvalue weighted by Crippen LogP contribution is -2.19. The second kappa shape index (κ2) is 5.69. The number of H-pyrrole nitrogens is 1. The molecule has 2 heterocycles. The molecule has 0 fully saturated rings. The van der Waals surface area contributed by atoms with Crippen LogP contribution in [0.5, 0.6) is 0 Å². The fourth-order valence-corrected chi connectivity index (χ4v) is 2.44. The molecule has 0 spiro atoms. The molecular formula is C17H14N6O. The highest BCUT2D eigenvalue weighted by atomic mass is 16.1.